The van der Waals surface area contributed by atoms with Gasteiger partial charge in [-0.3, -0.25) is 10.1 Å². The number of ether oxygens (including phenoxy) is 1. The first-order chi connectivity index (χ1) is 9.99. The van der Waals surface area contributed by atoms with E-state index in [1.165, 1.54) is 18.2 Å². The summed E-state index contributed by atoms with van der Waals surface area (Å²) in [4.78, 5) is 24.2. The van der Waals surface area contributed by atoms with Crippen LogP contribution in [0.5, 0.6) is 5.75 Å². The van der Waals surface area contributed by atoms with E-state index in [0.717, 1.165) is 0 Å². The molecule has 2 aromatic carbocycles. The molecule has 6 nitrogen and oxygen atoms in total. The van der Waals surface area contributed by atoms with Gasteiger partial charge in [0.05, 0.1) is 10.5 Å². The number of para-hydroxylation sites is 1. The van der Waals surface area contributed by atoms with Crippen molar-refractivity contribution in [1.29, 1.82) is 0 Å². The van der Waals surface area contributed by atoms with Crippen molar-refractivity contribution < 1.29 is 14.5 Å². The lowest BCUT2D eigenvalue weighted by Crippen LogP contribution is -2.13. The molecule has 0 atom stereocenters. The van der Waals surface area contributed by atoms with Crippen molar-refractivity contribution in [3.63, 3.8) is 0 Å². The number of hydrogen-bond donors (Lipinski definition) is 0. The van der Waals surface area contributed by atoms with Crippen molar-refractivity contribution in [3.05, 3.63) is 64.2 Å². The zero-order valence-corrected chi connectivity index (χ0v) is 11.6. The standard InChI is InChI=1S/C15H14N2O4/c1-16(2)13-9-8-11(10-14(13)17(19)20)15(18)21-12-6-4-3-5-7-12/h3-10H,1-2H3. The van der Waals surface area contributed by atoms with Gasteiger partial charge in [0.1, 0.15) is 11.4 Å². The number of nitro benzene ring substituents is 1. The Kier molecular flexibility index (Phi) is 4.18. The van der Waals surface area contributed by atoms with E-state index in [1.54, 1.807) is 49.3 Å². The molecule has 6 heteroatoms. The van der Waals surface area contributed by atoms with Gasteiger partial charge in [0.25, 0.3) is 5.69 Å². The van der Waals surface area contributed by atoms with Gasteiger partial charge in [-0.15, -0.1) is 0 Å². The lowest BCUT2D eigenvalue weighted by atomic mass is 10.1. The molecule has 0 N–H and O–H groups in total. The van der Waals surface area contributed by atoms with Crippen molar-refractivity contribution in [2.45, 2.75) is 0 Å². The zero-order valence-electron chi connectivity index (χ0n) is 11.6. The summed E-state index contributed by atoms with van der Waals surface area (Å²) in [7, 11) is 3.40. The molecule has 0 radical (unpaired) electrons. The highest BCUT2D eigenvalue weighted by molar-refractivity contribution is 5.92. The molecule has 0 aliphatic heterocycles. The molecular weight excluding hydrogens is 272 g/mol. The third-order valence-corrected chi connectivity index (χ3v) is 2.84. The first-order valence-electron chi connectivity index (χ1n) is 6.22. The number of nitro groups is 1. The van der Waals surface area contributed by atoms with Gasteiger partial charge in [0.2, 0.25) is 0 Å². The van der Waals surface area contributed by atoms with Gasteiger partial charge < -0.3 is 9.64 Å². The molecule has 2 aromatic rings. The summed E-state index contributed by atoms with van der Waals surface area (Å²) in [5, 5.41) is 11.1. The molecule has 0 amide bonds. The van der Waals surface area contributed by atoms with E-state index in [0.29, 0.717) is 11.4 Å². The summed E-state index contributed by atoms with van der Waals surface area (Å²) in [5.74, 6) is -0.239. The van der Waals surface area contributed by atoms with E-state index in [1.807, 2.05) is 0 Å². The van der Waals surface area contributed by atoms with Crippen LogP contribution in [0.1, 0.15) is 10.4 Å². The minimum atomic E-state index is -0.630. The van der Waals surface area contributed by atoms with Gasteiger partial charge in [-0.05, 0) is 24.3 Å². The molecule has 2 rings (SSSR count). The van der Waals surface area contributed by atoms with Crippen LogP contribution in [-0.4, -0.2) is 25.0 Å². The number of benzene rings is 2. The topological polar surface area (TPSA) is 72.7 Å². The Labute approximate surface area is 121 Å². The lowest BCUT2D eigenvalue weighted by Gasteiger charge is -2.13. The van der Waals surface area contributed by atoms with Gasteiger partial charge in [0, 0.05) is 20.2 Å². The summed E-state index contributed by atoms with van der Waals surface area (Å²) < 4.78 is 5.16. The minimum Gasteiger partial charge on any atom is -0.423 e. The van der Waals surface area contributed by atoms with Crippen molar-refractivity contribution in [2.24, 2.45) is 0 Å². The highest BCUT2D eigenvalue weighted by Crippen LogP contribution is 2.28. The van der Waals surface area contributed by atoms with Crippen LogP contribution in [0, 0.1) is 10.1 Å². The van der Waals surface area contributed by atoms with Crippen molar-refractivity contribution in [2.75, 3.05) is 19.0 Å². The fourth-order valence-electron chi connectivity index (χ4n) is 1.83. The van der Waals surface area contributed by atoms with Crippen molar-refractivity contribution in [1.82, 2.24) is 0 Å². The molecule has 0 aliphatic carbocycles. The summed E-state index contributed by atoms with van der Waals surface area (Å²) in [6, 6.07) is 12.8. The Morgan fingerprint density at radius 1 is 1.14 bits per heavy atom. The molecule has 0 fully saturated rings. The Hall–Kier alpha value is -2.89. The van der Waals surface area contributed by atoms with Crippen LogP contribution < -0.4 is 9.64 Å². The number of carbonyl (C=O) groups excluding carboxylic acids is 1. The summed E-state index contributed by atoms with van der Waals surface area (Å²) >= 11 is 0. The molecule has 21 heavy (non-hydrogen) atoms. The molecule has 0 unspecified atom stereocenters. The summed E-state index contributed by atoms with van der Waals surface area (Å²) in [6.45, 7) is 0. The third kappa shape index (κ3) is 3.36. The highest BCUT2D eigenvalue weighted by Gasteiger charge is 2.19. The van der Waals surface area contributed by atoms with Crippen LogP contribution in [0.4, 0.5) is 11.4 Å². The first-order valence-corrected chi connectivity index (χ1v) is 6.22. The Balaban J connectivity index is 2.30. The number of esters is 1. The van der Waals surface area contributed by atoms with E-state index in [-0.39, 0.29) is 11.3 Å². The zero-order chi connectivity index (χ0) is 15.4. The molecule has 0 heterocycles. The van der Waals surface area contributed by atoms with Crippen LogP contribution in [0.25, 0.3) is 0 Å². The fourth-order valence-corrected chi connectivity index (χ4v) is 1.83. The van der Waals surface area contributed by atoms with Crippen LogP contribution >= 0.6 is 0 Å². The molecule has 0 spiro atoms. The third-order valence-electron chi connectivity index (χ3n) is 2.84. The van der Waals surface area contributed by atoms with E-state index in [9.17, 15) is 14.9 Å². The molecule has 0 aromatic heterocycles. The van der Waals surface area contributed by atoms with Crippen molar-refractivity contribution in [3.8, 4) is 5.75 Å². The van der Waals surface area contributed by atoms with E-state index in [2.05, 4.69) is 0 Å². The highest BCUT2D eigenvalue weighted by atomic mass is 16.6. The molecule has 0 saturated heterocycles. The number of carbonyl (C=O) groups is 1. The SMILES string of the molecule is CN(C)c1ccc(C(=O)Oc2ccccc2)cc1[N+](=O)[O-]. The fraction of sp³-hybridized carbons (Fsp3) is 0.133. The van der Waals surface area contributed by atoms with Crippen LogP contribution in [0.3, 0.4) is 0 Å². The van der Waals surface area contributed by atoms with Gasteiger partial charge in [-0.1, -0.05) is 18.2 Å². The van der Waals surface area contributed by atoms with Crippen LogP contribution in [0.15, 0.2) is 48.5 Å². The second-order valence-electron chi connectivity index (χ2n) is 4.56. The lowest BCUT2D eigenvalue weighted by molar-refractivity contribution is -0.384. The molecule has 0 aliphatic rings. The predicted molar refractivity (Wildman–Crippen MR) is 78.8 cm³/mol. The maximum absolute atomic E-state index is 12.0. The monoisotopic (exact) mass is 286 g/mol. The normalized spacial score (nSPS) is 10.0. The first kappa shape index (κ1) is 14.5. The largest absolute Gasteiger partial charge is 0.423 e. The predicted octanol–water partition coefficient (Wildman–Crippen LogP) is 2.88. The summed E-state index contributed by atoms with van der Waals surface area (Å²) in [5.41, 5.74) is 0.426. The quantitative estimate of drug-likeness (QED) is 0.374. The number of nitrogens with zero attached hydrogens (tertiary/aromatic N) is 2. The average Bonchev–Trinajstić information content (AvgIpc) is 2.47. The van der Waals surface area contributed by atoms with Gasteiger partial charge >= 0.3 is 5.97 Å². The molecule has 0 saturated carbocycles. The van der Waals surface area contributed by atoms with Crippen LogP contribution in [0.2, 0.25) is 0 Å². The minimum absolute atomic E-state index is 0.135. The Morgan fingerprint density at radius 3 is 2.38 bits per heavy atom. The van der Waals surface area contributed by atoms with Gasteiger partial charge in [0.15, 0.2) is 0 Å². The van der Waals surface area contributed by atoms with E-state index in [4.69, 9.17) is 4.74 Å². The smallest absolute Gasteiger partial charge is 0.343 e. The Morgan fingerprint density at radius 2 is 1.81 bits per heavy atom. The number of hydrogen-bond acceptors (Lipinski definition) is 5. The average molecular weight is 286 g/mol. The number of anilines is 1. The molecule has 108 valence electrons. The van der Waals surface area contributed by atoms with Gasteiger partial charge in [-0.25, -0.2) is 4.79 Å². The maximum Gasteiger partial charge on any atom is 0.343 e. The number of rotatable bonds is 4. The van der Waals surface area contributed by atoms with E-state index >= 15 is 0 Å². The van der Waals surface area contributed by atoms with Crippen LogP contribution in [-0.2, 0) is 0 Å². The Bertz CT molecular complexity index is 669. The molecule has 0 bridgehead atoms. The van der Waals surface area contributed by atoms with Gasteiger partial charge in [-0.2, -0.15) is 0 Å². The second-order valence-corrected chi connectivity index (χ2v) is 4.56. The molecular formula is C15H14N2O4. The second kappa shape index (κ2) is 6.04. The van der Waals surface area contributed by atoms with Crippen molar-refractivity contribution >= 4 is 17.3 Å². The maximum atomic E-state index is 12.0. The van der Waals surface area contributed by atoms with E-state index < -0.39 is 10.9 Å². The summed E-state index contributed by atoms with van der Waals surface area (Å²) in [6.07, 6.45) is 0.